The number of carboxylic acids is 1. The molecule has 0 heterocycles. The largest absolute Gasteiger partial charge is 0.481 e. The molecule has 0 bridgehead atoms. The first-order valence-electron chi connectivity index (χ1n) is 11.3. The quantitative estimate of drug-likeness (QED) is 0.550. The first-order valence-corrected chi connectivity index (χ1v) is 11.3. The maximum absolute atomic E-state index is 14.1. The van der Waals surface area contributed by atoms with Gasteiger partial charge in [0.25, 0.3) is 5.92 Å². The Hall–Kier alpha value is -3.49. The number of halogens is 2. The van der Waals surface area contributed by atoms with Crippen molar-refractivity contribution >= 4 is 18.0 Å². The number of benzene rings is 2. The van der Waals surface area contributed by atoms with Crippen molar-refractivity contribution in [2.45, 2.75) is 18.3 Å². The van der Waals surface area contributed by atoms with Crippen LogP contribution in [0, 0.1) is 23.7 Å². The van der Waals surface area contributed by atoms with Crippen LogP contribution in [-0.4, -0.2) is 48.7 Å². The second kappa shape index (κ2) is 8.38. The van der Waals surface area contributed by atoms with E-state index in [1.165, 1.54) is 0 Å². The number of fused-ring (bicyclic) bond motifs is 3. The number of carbonyl (C=O) groups excluding carboxylic acids is 2. The molecular weight excluding hydrogens is 446 g/mol. The molecule has 0 saturated heterocycles. The van der Waals surface area contributed by atoms with Gasteiger partial charge in [0.15, 0.2) is 0 Å². The summed E-state index contributed by atoms with van der Waals surface area (Å²) >= 11 is 0. The molecule has 2 fully saturated rings. The first-order chi connectivity index (χ1) is 16.3. The predicted molar refractivity (Wildman–Crippen MR) is 117 cm³/mol. The van der Waals surface area contributed by atoms with Gasteiger partial charge in [-0.15, -0.1) is 0 Å². The number of alkyl halides is 2. The normalized spacial score (nSPS) is 25.6. The lowest BCUT2D eigenvalue weighted by Crippen LogP contribution is -2.31. The molecule has 0 aliphatic heterocycles. The van der Waals surface area contributed by atoms with E-state index >= 15 is 0 Å². The zero-order valence-corrected chi connectivity index (χ0v) is 18.2. The Balaban J connectivity index is 1.11. The average Bonchev–Trinajstić information content (AvgIpc) is 3.68. The highest BCUT2D eigenvalue weighted by molar-refractivity contribution is 5.84. The van der Waals surface area contributed by atoms with Gasteiger partial charge in [0.2, 0.25) is 5.91 Å². The van der Waals surface area contributed by atoms with Crippen LogP contribution >= 0.6 is 0 Å². The molecule has 3 N–H and O–H groups in total. The van der Waals surface area contributed by atoms with Gasteiger partial charge < -0.3 is 20.5 Å². The Labute approximate surface area is 194 Å². The van der Waals surface area contributed by atoms with Crippen LogP contribution in [0.2, 0.25) is 0 Å². The van der Waals surface area contributed by atoms with Gasteiger partial charge in [-0.05, 0) is 34.6 Å². The number of carboxylic acid groups (broad SMARTS) is 1. The van der Waals surface area contributed by atoms with E-state index in [9.17, 15) is 23.2 Å². The number of hydrogen-bond donors (Lipinski definition) is 3. The molecule has 3 aliphatic rings. The van der Waals surface area contributed by atoms with E-state index in [2.05, 4.69) is 10.6 Å². The summed E-state index contributed by atoms with van der Waals surface area (Å²) in [5, 5.41) is 13.7. The van der Waals surface area contributed by atoms with Gasteiger partial charge in [0, 0.05) is 19.0 Å². The van der Waals surface area contributed by atoms with Crippen LogP contribution in [0.1, 0.15) is 23.5 Å². The van der Waals surface area contributed by atoms with Crippen molar-refractivity contribution in [2.24, 2.45) is 23.7 Å². The number of alkyl carbamates (subject to hydrolysis) is 1. The van der Waals surface area contributed by atoms with Crippen LogP contribution < -0.4 is 10.6 Å². The Morgan fingerprint density at radius 2 is 1.59 bits per heavy atom. The minimum absolute atomic E-state index is 0.0644. The van der Waals surface area contributed by atoms with Crippen molar-refractivity contribution in [3.63, 3.8) is 0 Å². The van der Waals surface area contributed by atoms with Gasteiger partial charge in [-0.25, -0.2) is 13.6 Å². The molecule has 9 heteroatoms. The number of aliphatic carboxylic acids is 1. The maximum Gasteiger partial charge on any atom is 0.407 e. The molecule has 7 nitrogen and oxygen atoms in total. The Kier molecular flexibility index (Phi) is 5.50. The van der Waals surface area contributed by atoms with Crippen molar-refractivity contribution < 1.29 is 33.0 Å². The molecule has 0 aromatic heterocycles. The molecule has 2 unspecified atom stereocenters. The molecule has 0 spiro atoms. The van der Waals surface area contributed by atoms with E-state index in [0.717, 1.165) is 22.3 Å². The second-order valence-corrected chi connectivity index (χ2v) is 9.15. The maximum atomic E-state index is 14.1. The third-order valence-corrected chi connectivity index (χ3v) is 7.07. The number of rotatable bonds is 8. The fourth-order valence-corrected chi connectivity index (χ4v) is 4.96. The second-order valence-electron chi connectivity index (χ2n) is 9.15. The fourth-order valence-electron chi connectivity index (χ4n) is 4.96. The molecule has 5 rings (SSSR count). The fraction of sp³-hybridized carbons (Fsp3) is 0.400. The third-order valence-electron chi connectivity index (χ3n) is 7.07. The smallest absolute Gasteiger partial charge is 0.407 e. The molecule has 3 aliphatic carbocycles. The SMILES string of the molecule is O=C(NC[C@H]1[C@@H](C(=O)NCC2CC2C(=O)O)C1(F)F)OCC1c2ccccc2-c2ccccc21. The Morgan fingerprint density at radius 1 is 0.971 bits per heavy atom. The lowest BCUT2D eigenvalue weighted by atomic mass is 9.98. The molecule has 2 saturated carbocycles. The lowest BCUT2D eigenvalue weighted by molar-refractivity contribution is -0.139. The molecule has 34 heavy (non-hydrogen) atoms. The topological polar surface area (TPSA) is 105 Å². The van der Waals surface area contributed by atoms with Crippen molar-refractivity contribution in [1.29, 1.82) is 0 Å². The summed E-state index contributed by atoms with van der Waals surface area (Å²) in [6.45, 7) is -0.255. The monoisotopic (exact) mass is 470 g/mol. The molecule has 2 aromatic rings. The minimum Gasteiger partial charge on any atom is -0.481 e. The summed E-state index contributed by atoms with van der Waals surface area (Å²) in [6.07, 6.45) is -0.380. The highest BCUT2D eigenvalue weighted by atomic mass is 19.3. The summed E-state index contributed by atoms with van der Waals surface area (Å²) in [5.41, 5.74) is 4.25. The standard InChI is InChI=1S/C25H24F2N2O5/c26-25(27)20(21(25)22(30)28-10-13-9-18(13)23(31)32)11-29-24(33)34-12-19-16-7-3-1-5-14(16)15-6-2-4-8-17(15)19/h1-8,13,18-21H,9-12H2,(H,28,30)(H,29,33)(H,31,32)/t13?,18?,20-,21-/m0/s1. The first kappa shape index (κ1) is 22.3. The molecule has 2 aromatic carbocycles. The molecule has 4 atom stereocenters. The van der Waals surface area contributed by atoms with Crippen molar-refractivity contribution in [3.8, 4) is 11.1 Å². The van der Waals surface area contributed by atoms with Crippen LogP contribution in [0.4, 0.5) is 13.6 Å². The van der Waals surface area contributed by atoms with Gasteiger partial charge in [0.05, 0.1) is 11.8 Å². The Bertz CT molecular complexity index is 1110. The summed E-state index contributed by atoms with van der Waals surface area (Å²) in [5.74, 6) is -8.73. The highest BCUT2D eigenvalue weighted by Gasteiger charge is 2.71. The van der Waals surface area contributed by atoms with E-state index in [1.807, 2.05) is 48.5 Å². The van der Waals surface area contributed by atoms with Gasteiger partial charge in [-0.1, -0.05) is 48.5 Å². The van der Waals surface area contributed by atoms with Crippen LogP contribution in [0.5, 0.6) is 0 Å². The van der Waals surface area contributed by atoms with E-state index in [4.69, 9.17) is 9.84 Å². The van der Waals surface area contributed by atoms with E-state index in [1.54, 1.807) is 0 Å². The zero-order chi connectivity index (χ0) is 24.0. The average molecular weight is 470 g/mol. The number of hydrogen-bond acceptors (Lipinski definition) is 4. The van der Waals surface area contributed by atoms with Crippen molar-refractivity contribution in [3.05, 3.63) is 59.7 Å². The summed E-state index contributed by atoms with van der Waals surface area (Å²) in [7, 11) is 0. The number of ether oxygens (including phenoxy) is 1. The van der Waals surface area contributed by atoms with E-state index in [0.29, 0.717) is 6.42 Å². The van der Waals surface area contributed by atoms with E-state index in [-0.39, 0.29) is 31.5 Å². The number of carbonyl (C=O) groups is 3. The van der Waals surface area contributed by atoms with Gasteiger partial charge >= 0.3 is 12.1 Å². The molecule has 0 radical (unpaired) electrons. The lowest BCUT2D eigenvalue weighted by Gasteiger charge is -2.14. The molecular formula is C25H24F2N2O5. The van der Waals surface area contributed by atoms with Crippen molar-refractivity contribution in [2.75, 3.05) is 19.7 Å². The predicted octanol–water partition coefficient (Wildman–Crippen LogP) is 3.24. The van der Waals surface area contributed by atoms with Crippen LogP contribution in [-0.2, 0) is 14.3 Å². The number of nitrogens with one attached hydrogen (secondary N) is 2. The highest BCUT2D eigenvalue weighted by Crippen LogP contribution is 2.55. The third kappa shape index (κ3) is 3.99. The summed E-state index contributed by atoms with van der Waals surface area (Å²) < 4.78 is 33.6. The van der Waals surface area contributed by atoms with Gasteiger partial charge in [-0.3, -0.25) is 9.59 Å². The van der Waals surface area contributed by atoms with Crippen LogP contribution in [0.3, 0.4) is 0 Å². The van der Waals surface area contributed by atoms with Gasteiger partial charge in [-0.2, -0.15) is 0 Å². The molecule has 178 valence electrons. The summed E-state index contributed by atoms with van der Waals surface area (Å²) in [4.78, 5) is 35.2. The Morgan fingerprint density at radius 3 is 2.18 bits per heavy atom. The zero-order valence-electron chi connectivity index (χ0n) is 18.2. The summed E-state index contributed by atoms with van der Waals surface area (Å²) in [6, 6.07) is 15.7. The van der Waals surface area contributed by atoms with Crippen molar-refractivity contribution in [1.82, 2.24) is 10.6 Å². The van der Waals surface area contributed by atoms with Crippen LogP contribution in [0.15, 0.2) is 48.5 Å². The number of amides is 2. The van der Waals surface area contributed by atoms with E-state index < -0.39 is 41.6 Å². The minimum atomic E-state index is -3.23. The molecule has 2 amide bonds. The van der Waals surface area contributed by atoms with Gasteiger partial charge in [0.1, 0.15) is 12.5 Å². The van der Waals surface area contributed by atoms with Crippen LogP contribution in [0.25, 0.3) is 11.1 Å².